The number of aliphatic hydroxyl groups is 4. The van der Waals surface area contributed by atoms with Crippen LogP contribution in [0.1, 0.15) is 85.5 Å². The molecule has 6 aliphatic rings. The molecule has 15 atom stereocenters. The molecule has 0 radical (unpaired) electrons. The van der Waals surface area contributed by atoms with Crippen LogP contribution in [0.3, 0.4) is 0 Å². The molecule has 236 valence electrons. The number of Topliss-reactive ketones (excluding diaryl/α,β-unsaturated/α-hetero) is 2. The van der Waals surface area contributed by atoms with Crippen LogP contribution in [0.25, 0.3) is 0 Å². The molecule has 4 N–H and O–H groups in total. The smallest absolute Gasteiger partial charge is 0.186 e. The Balaban J connectivity index is 1.14. The third-order valence-electron chi connectivity index (χ3n) is 13.1. The lowest BCUT2D eigenvalue weighted by Crippen LogP contribution is -2.61. The molecule has 9 heteroatoms. The molecule has 2 heterocycles. The van der Waals surface area contributed by atoms with Crippen molar-refractivity contribution in [3.63, 3.8) is 0 Å². The van der Waals surface area contributed by atoms with Crippen LogP contribution in [0, 0.1) is 52.3 Å². The average Bonchev–Trinajstić information content (AvgIpc) is 3.56. The molecular formula is C33H51NO8. The molecule has 6 rings (SSSR count). The van der Waals surface area contributed by atoms with Gasteiger partial charge in [-0.25, -0.2) is 0 Å². The standard InChI is InChI=1S/C33H51NO8/c1-16-11-24(34-14-16)27(37)17(2)20-5-6-21-19-13-25(36)23-12-18(7-9-33(23,4)22(19)8-10-32(20,21)3)41-31-30(40)29(39)28(38)26(15-35)42-31/h16-23,26,28-31,35,38-40H,5-15H2,1-4H3. The first-order valence-corrected chi connectivity index (χ1v) is 16.4. The van der Waals surface area contributed by atoms with Crippen molar-refractivity contribution < 1.29 is 39.5 Å². The summed E-state index contributed by atoms with van der Waals surface area (Å²) in [6.07, 6.45) is 0.930. The van der Waals surface area contributed by atoms with Crippen LogP contribution < -0.4 is 0 Å². The van der Waals surface area contributed by atoms with E-state index in [9.17, 15) is 30.0 Å². The first-order chi connectivity index (χ1) is 19.9. The lowest BCUT2D eigenvalue weighted by atomic mass is 9.44. The van der Waals surface area contributed by atoms with Crippen molar-refractivity contribution in [2.75, 3.05) is 13.2 Å². The molecular weight excluding hydrogens is 538 g/mol. The van der Waals surface area contributed by atoms with Crippen molar-refractivity contribution in [1.82, 2.24) is 0 Å². The third kappa shape index (κ3) is 4.85. The van der Waals surface area contributed by atoms with Gasteiger partial charge in [-0.1, -0.05) is 27.7 Å². The maximum Gasteiger partial charge on any atom is 0.186 e. The molecule has 0 aromatic heterocycles. The molecule has 2 aliphatic heterocycles. The van der Waals surface area contributed by atoms with Gasteiger partial charge in [0, 0.05) is 24.8 Å². The number of hydrogen-bond donors (Lipinski definition) is 4. The summed E-state index contributed by atoms with van der Waals surface area (Å²) in [5.74, 6) is 2.42. The van der Waals surface area contributed by atoms with Crippen molar-refractivity contribution in [2.24, 2.45) is 57.2 Å². The van der Waals surface area contributed by atoms with Gasteiger partial charge >= 0.3 is 0 Å². The van der Waals surface area contributed by atoms with Crippen LogP contribution in [-0.4, -0.2) is 87.7 Å². The highest BCUT2D eigenvalue weighted by Crippen LogP contribution is 2.68. The minimum Gasteiger partial charge on any atom is -0.394 e. The van der Waals surface area contributed by atoms with Crippen LogP contribution in [-0.2, 0) is 19.1 Å². The molecule has 15 unspecified atom stereocenters. The normalized spacial score (nSPS) is 51.3. The summed E-state index contributed by atoms with van der Waals surface area (Å²) in [6, 6.07) is 0. The fourth-order valence-electron chi connectivity index (χ4n) is 10.7. The van der Waals surface area contributed by atoms with Gasteiger partial charge in [0.15, 0.2) is 12.1 Å². The molecule has 5 fully saturated rings. The minimum atomic E-state index is -1.48. The van der Waals surface area contributed by atoms with E-state index in [1.165, 1.54) is 0 Å². The number of ether oxygens (including phenoxy) is 2. The van der Waals surface area contributed by atoms with Crippen LogP contribution in [0.15, 0.2) is 4.99 Å². The molecule has 4 aliphatic carbocycles. The molecule has 0 bridgehead atoms. The van der Waals surface area contributed by atoms with Crippen LogP contribution >= 0.6 is 0 Å². The molecule has 0 aromatic carbocycles. The van der Waals surface area contributed by atoms with E-state index in [0.717, 1.165) is 57.2 Å². The number of fused-ring (bicyclic) bond motifs is 5. The summed E-state index contributed by atoms with van der Waals surface area (Å²) in [5.41, 5.74) is 0.736. The summed E-state index contributed by atoms with van der Waals surface area (Å²) < 4.78 is 11.7. The second-order valence-corrected chi connectivity index (χ2v) is 15.3. The highest BCUT2D eigenvalue weighted by molar-refractivity contribution is 6.41. The number of rotatable bonds is 6. The van der Waals surface area contributed by atoms with Gasteiger partial charge < -0.3 is 29.9 Å². The van der Waals surface area contributed by atoms with E-state index in [2.05, 4.69) is 32.7 Å². The average molecular weight is 590 g/mol. The number of ketones is 2. The summed E-state index contributed by atoms with van der Waals surface area (Å²) in [5, 5.41) is 40.3. The zero-order valence-corrected chi connectivity index (χ0v) is 25.7. The first kappa shape index (κ1) is 30.8. The van der Waals surface area contributed by atoms with Gasteiger partial charge in [-0.2, -0.15) is 0 Å². The fourth-order valence-corrected chi connectivity index (χ4v) is 10.7. The first-order valence-electron chi connectivity index (χ1n) is 16.4. The third-order valence-corrected chi connectivity index (χ3v) is 13.1. The van der Waals surface area contributed by atoms with Gasteiger partial charge in [-0.15, -0.1) is 0 Å². The molecule has 4 saturated carbocycles. The van der Waals surface area contributed by atoms with E-state index in [-0.39, 0.29) is 34.6 Å². The zero-order chi connectivity index (χ0) is 30.1. The summed E-state index contributed by atoms with van der Waals surface area (Å²) in [4.78, 5) is 31.9. The van der Waals surface area contributed by atoms with Gasteiger partial charge in [0.05, 0.1) is 18.4 Å². The van der Waals surface area contributed by atoms with E-state index in [1.54, 1.807) is 0 Å². The number of aliphatic hydroxyl groups excluding tert-OH is 4. The Morgan fingerprint density at radius 1 is 1.02 bits per heavy atom. The van der Waals surface area contributed by atoms with Crippen molar-refractivity contribution >= 4 is 17.3 Å². The summed E-state index contributed by atoms with van der Waals surface area (Å²) in [6.45, 7) is 9.25. The highest BCUT2D eigenvalue weighted by Gasteiger charge is 2.63. The molecule has 1 saturated heterocycles. The van der Waals surface area contributed by atoms with Crippen molar-refractivity contribution in [3.8, 4) is 0 Å². The Kier molecular flexibility index (Phi) is 8.27. The number of hydrogen-bond acceptors (Lipinski definition) is 9. The summed E-state index contributed by atoms with van der Waals surface area (Å²) in [7, 11) is 0. The Hall–Kier alpha value is -1.23. The van der Waals surface area contributed by atoms with Gasteiger partial charge in [0.25, 0.3) is 0 Å². The Morgan fingerprint density at radius 3 is 2.43 bits per heavy atom. The molecule has 0 spiro atoms. The molecule has 9 nitrogen and oxygen atoms in total. The van der Waals surface area contributed by atoms with Gasteiger partial charge in [0.1, 0.15) is 30.2 Å². The van der Waals surface area contributed by atoms with E-state index < -0.39 is 37.3 Å². The van der Waals surface area contributed by atoms with Crippen LogP contribution in [0.2, 0.25) is 0 Å². The monoisotopic (exact) mass is 589 g/mol. The minimum absolute atomic E-state index is 0.0294. The Labute approximate surface area is 249 Å². The predicted molar refractivity (Wildman–Crippen MR) is 155 cm³/mol. The largest absolute Gasteiger partial charge is 0.394 e. The van der Waals surface area contributed by atoms with Gasteiger partial charge in [-0.05, 0) is 91.8 Å². The predicted octanol–water partition coefficient (Wildman–Crippen LogP) is 2.70. The Morgan fingerprint density at radius 2 is 1.74 bits per heavy atom. The quantitative estimate of drug-likeness (QED) is 0.346. The van der Waals surface area contributed by atoms with Crippen LogP contribution in [0.4, 0.5) is 0 Å². The maximum atomic E-state index is 13.9. The van der Waals surface area contributed by atoms with E-state index in [1.807, 2.05) is 0 Å². The summed E-state index contributed by atoms with van der Waals surface area (Å²) >= 11 is 0. The SMILES string of the molecule is CC1CN=C(C(=O)C(C)C2CCC3C4CC(=O)C5CC(OC6OC(CO)C(O)C(O)C6O)CCC5(C)C4CCC23C)C1. The molecule has 0 aromatic rings. The van der Waals surface area contributed by atoms with E-state index in [4.69, 9.17) is 9.47 Å². The fraction of sp³-hybridized carbons (Fsp3) is 0.909. The Bertz CT molecular complexity index is 1090. The molecule has 42 heavy (non-hydrogen) atoms. The number of nitrogens with zero attached hydrogens (tertiary/aromatic N) is 1. The lowest BCUT2D eigenvalue weighted by molar-refractivity contribution is -0.315. The van der Waals surface area contributed by atoms with Crippen molar-refractivity contribution in [3.05, 3.63) is 0 Å². The van der Waals surface area contributed by atoms with E-state index in [0.29, 0.717) is 48.2 Å². The second kappa shape index (κ2) is 11.3. The number of carbonyl (C=O) groups is 2. The van der Waals surface area contributed by atoms with Gasteiger partial charge in [0.2, 0.25) is 0 Å². The molecule has 0 amide bonds. The van der Waals surface area contributed by atoms with Crippen molar-refractivity contribution in [1.29, 1.82) is 0 Å². The van der Waals surface area contributed by atoms with Crippen molar-refractivity contribution in [2.45, 2.75) is 122 Å². The lowest BCUT2D eigenvalue weighted by Gasteiger charge is -2.60. The second-order valence-electron chi connectivity index (χ2n) is 15.3. The van der Waals surface area contributed by atoms with Gasteiger partial charge in [-0.3, -0.25) is 14.6 Å². The number of aliphatic imine (C=N–C) groups is 1. The topological polar surface area (TPSA) is 146 Å². The zero-order valence-electron chi connectivity index (χ0n) is 25.7. The van der Waals surface area contributed by atoms with E-state index >= 15 is 0 Å². The van der Waals surface area contributed by atoms with Crippen LogP contribution in [0.5, 0.6) is 0 Å². The maximum absolute atomic E-state index is 13.9. The highest BCUT2D eigenvalue weighted by atomic mass is 16.7. The number of carbonyl (C=O) groups excluding carboxylic acids is 2.